The van der Waals surface area contributed by atoms with E-state index in [1.54, 1.807) is 10.8 Å². The first-order chi connectivity index (χ1) is 12.8. The zero-order chi connectivity index (χ0) is 17.5. The van der Waals surface area contributed by atoms with Crippen molar-refractivity contribution in [2.45, 2.75) is 6.54 Å². The molecular weight excluding hydrogens is 354 g/mol. The summed E-state index contributed by atoms with van der Waals surface area (Å²) in [7, 11) is 0. The van der Waals surface area contributed by atoms with Crippen LogP contribution in [0.4, 0.5) is 0 Å². The molecule has 1 aliphatic heterocycles. The van der Waals surface area contributed by atoms with Gasteiger partial charge in [-0.15, -0.1) is 5.10 Å². The molecule has 1 fully saturated rings. The molecule has 0 atom stereocenters. The lowest BCUT2D eigenvalue weighted by Crippen LogP contribution is -2.36. The van der Waals surface area contributed by atoms with Crippen LogP contribution in [0.15, 0.2) is 41.0 Å². The third kappa shape index (κ3) is 2.74. The van der Waals surface area contributed by atoms with Crippen molar-refractivity contribution in [1.82, 2.24) is 24.5 Å². The molecule has 3 aromatic heterocycles. The Bertz CT molecular complexity index is 1070. The Morgan fingerprint density at radius 2 is 2.00 bits per heavy atom. The summed E-state index contributed by atoms with van der Waals surface area (Å²) in [5.41, 5.74) is 1.58. The third-order valence-corrected chi connectivity index (χ3v) is 4.75. The van der Waals surface area contributed by atoms with Gasteiger partial charge in [-0.1, -0.05) is 11.6 Å². The van der Waals surface area contributed by atoms with Crippen molar-refractivity contribution in [3.63, 3.8) is 0 Å². The number of hydrogen-bond donors (Lipinski definition) is 0. The fraction of sp³-hybridized carbons (Fsp3) is 0.278. The maximum atomic E-state index is 6.19. The minimum Gasteiger partial charge on any atom is -0.461 e. The molecule has 0 unspecified atom stereocenters. The quantitative estimate of drug-likeness (QED) is 0.553. The predicted octanol–water partition coefficient (Wildman–Crippen LogP) is 3.02. The molecule has 7 nitrogen and oxygen atoms in total. The largest absolute Gasteiger partial charge is 0.461 e. The molecule has 0 aliphatic carbocycles. The number of aromatic nitrogens is 4. The summed E-state index contributed by atoms with van der Waals surface area (Å²) in [5.74, 6) is 2.00. The molecule has 26 heavy (non-hydrogen) atoms. The normalized spacial score (nSPS) is 15.9. The van der Waals surface area contributed by atoms with Crippen molar-refractivity contribution in [2.24, 2.45) is 0 Å². The summed E-state index contributed by atoms with van der Waals surface area (Å²) in [6, 6.07) is 9.30. The van der Waals surface area contributed by atoms with Gasteiger partial charge in [0.1, 0.15) is 5.82 Å². The molecule has 4 heterocycles. The third-order valence-electron chi connectivity index (χ3n) is 4.51. The van der Waals surface area contributed by atoms with E-state index in [0.29, 0.717) is 23.2 Å². The standard InChI is InChI=1S/C18H16ClN5O2/c19-12-3-4-14-13(10-12)18-21-17(15-2-1-7-26-15)22-24(18)16(20-14)11-23-5-8-25-9-6-23/h1-4,7,10H,5-6,8-9,11H2. The van der Waals surface area contributed by atoms with E-state index >= 15 is 0 Å². The Morgan fingerprint density at radius 3 is 2.81 bits per heavy atom. The molecule has 0 bridgehead atoms. The second kappa shape index (κ2) is 6.35. The van der Waals surface area contributed by atoms with E-state index in [1.165, 1.54) is 0 Å². The van der Waals surface area contributed by atoms with Gasteiger partial charge in [-0.05, 0) is 30.3 Å². The predicted molar refractivity (Wildman–Crippen MR) is 97.1 cm³/mol. The van der Waals surface area contributed by atoms with Crippen molar-refractivity contribution in [2.75, 3.05) is 26.3 Å². The molecule has 0 N–H and O–H groups in total. The van der Waals surface area contributed by atoms with Crippen LogP contribution in [-0.2, 0) is 11.3 Å². The fourth-order valence-electron chi connectivity index (χ4n) is 3.21. The number of nitrogens with zero attached hydrogens (tertiary/aromatic N) is 5. The number of halogens is 1. The van der Waals surface area contributed by atoms with Gasteiger partial charge in [0.05, 0.1) is 31.5 Å². The number of furan rings is 1. The van der Waals surface area contributed by atoms with Crippen LogP contribution in [0, 0.1) is 0 Å². The molecule has 132 valence electrons. The van der Waals surface area contributed by atoms with Crippen LogP contribution in [0.3, 0.4) is 0 Å². The lowest BCUT2D eigenvalue weighted by molar-refractivity contribution is 0.0328. The molecule has 4 aromatic rings. The Kier molecular flexibility index (Phi) is 3.85. The fourth-order valence-corrected chi connectivity index (χ4v) is 3.38. The first kappa shape index (κ1) is 15.7. The van der Waals surface area contributed by atoms with Crippen molar-refractivity contribution in [3.05, 3.63) is 47.4 Å². The van der Waals surface area contributed by atoms with E-state index in [-0.39, 0.29) is 0 Å². The number of morpholine rings is 1. The van der Waals surface area contributed by atoms with Crippen LogP contribution < -0.4 is 0 Å². The average Bonchev–Trinajstić information content (AvgIpc) is 3.33. The summed E-state index contributed by atoms with van der Waals surface area (Å²) in [6.07, 6.45) is 1.61. The Morgan fingerprint density at radius 1 is 1.12 bits per heavy atom. The summed E-state index contributed by atoms with van der Waals surface area (Å²) in [6.45, 7) is 3.91. The van der Waals surface area contributed by atoms with E-state index in [9.17, 15) is 0 Å². The number of hydrogen-bond acceptors (Lipinski definition) is 6. The maximum absolute atomic E-state index is 6.19. The minimum absolute atomic E-state index is 0.535. The Hall–Kier alpha value is -2.48. The van der Waals surface area contributed by atoms with E-state index < -0.39 is 0 Å². The molecule has 1 saturated heterocycles. The zero-order valence-electron chi connectivity index (χ0n) is 13.9. The first-order valence-electron chi connectivity index (χ1n) is 8.47. The van der Waals surface area contributed by atoms with Gasteiger partial charge in [-0.2, -0.15) is 4.52 Å². The topological polar surface area (TPSA) is 68.7 Å². The van der Waals surface area contributed by atoms with Crippen molar-refractivity contribution < 1.29 is 9.15 Å². The van der Waals surface area contributed by atoms with Crippen LogP contribution in [0.2, 0.25) is 5.02 Å². The lowest BCUT2D eigenvalue weighted by atomic mass is 10.2. The molecule has 8 heteroatoms. The van der Waals surface area contributed by atoms with E-state index in [0.717, 1.165) is 48.7 Å². The number of fused-ring (bicyclic) bond motifs is 3. The summed E-state index contributed by atoms with van der Waals surface area (Å²) >= 11 is 6.19. The molecule has 5 rings (SSSR count). The van der Waals surface area contributed by atoms with Crippen LogP contribution in [0.25, 0.3) is 28.1 Å². The van der Waals surface area contributed by atoms with Crippen molar-refractivity contribution in [3.8, 4) is 11.6 Å². The first-order valence-corrected chi connectivity index (χ1v) is 8.84. The van der Waals surface area contributed by atoms with E-state index in [1.807, 2.05) is 30.3 Å². The van der Waals surface area contributed by atoms with Crippen LogP contribution >= 0.6 is 11.6 Å². The second-order valence-electron chi connectivity index (χ2n) is 6.23. The van der Waals surface area contributed by atoms with Crippen LogP contribution in [0.5, 0.6) is 0 Å². The van der Waals surface area contributed by atoms with Gasteiger partial charge >= 0.3 is 0 Å². The van der Waals surface area contributed by atoms with Gasteiger partial charge in [-0.25, -0.2) is 9.97 Å². The highest BCUT2D eigenvalue weighted by molar-refractivity contribution is 6.31. The Labute approximate surface area is 154 Å². The molecule has 1 aliphatic rings. The summed E-state index contributed by atoms with van der Waals surface area (Å²) in [5, 5.41) is 6.16. The minimum atomic E-state index is 0.535. The smallest absolute Gasteiger partial charge is 0.217 e. The van der Waals surface area contributed by atoms with Gasteiger partial charge in [0.2, 0.25) is 5.82 Å². The van der Waals surface area contributed by atoms with Gasteiger partial charge in [0, 0.05) is 23.5 Å². The zero-order valence-corrected chi connectivity index (χ0v) is 14.7. The van der Waals surface area contributed by atoms with E-state index in [4.69, 9.17) is 30.7 Å². The van der Waals surface area contributed by atoms with Crippen molar-refractivity contribution >= 4 is 28.2 Å². The number of rotatable bonds is 3. The summed E-state index contributed by atoms with van der Waals surface area (Å²) in [4.78, 5) is 11.8. The molecule has 1 aromatic carbocycles. The highest BCUT2D eigenvalue weighted by atomic mass is 35.5. The van der Waals surface area contributed by atoms with Gasteiger partial charge in [0.25, 0.3) is 0 Å². The summed E-state index contributed by atoms with van der Waals surface area (Å²) < 4.78 is 12.7. The van der Waals surface area contributed by atoms with Crippen LogP contribution in [0.1, 0.15) is 5.82 Å². The molecule has 0 radical (unpaired) electrons. The average molecular weight is 370 g/mol. The highest BCUT2D eigenvalue weighted by Gasteiger charge is 2.19. The molecular formula is C18H16ClN5O2. The van der Waals surface area contributed by atoms with Gasteiger partial charge in [-0.3, -0.25) is 4.90 Å². The molecule has 0 amide bonds. The monoisotopic (exact) mass is 369 g/mol. The second-order valence-corrected chi connectivity index (χ2v) is 6.66. The SMILES string of the molecule is Clc1ccc2nc(CN3CCOCC3)n3nc(-c4ccco4)nc3c2c1. The van der Waals surface area contributed by atoms with Crippen molar-refractivity contribution in [1.29, 1.82) is 0 Å². The maximum Gasteiger partial charge on any atom is 0.217 e. The molecule has 0 spiro atoms. The van der Waals surface area contributed by atoms with Gasteiger partial charge < -0.3 is 9.15 Å². The number of benzene rings is 1. The Balaban J connectivity index is 1.70. The number of ether oxygens (including phenoxy) is 1. The van der Waals surface area contributed by atoms with E-state index in [2.05, 4.69) is 10.00 Å². The highest BCUT2D eigenvalue weighted by Crippen LogP contribution is 2.25. The van der Waals surface area contributed by atoms with Gasteiger partial charge in [0.15, 0.2) is 11.4 Å². The molecule has 0 saturated carbocycles. The lowest BCUT2D eigenvalue weighted by Gasteiger charge is -2.26. The van der Waals surface area contributed by atoms with Crippen LogP contribution in [-0.4, -0.2) is 50.8 Å².